The molecule has 0 aromatic carbocycles. The lowest BCUT2D eigenvalue weighted by molar-refractivity contribution is -0.131. The summed E-state index contributed by atoms with van der Waals surface area (Å²) in [5.74, 6) is 0. The fourth-order valence-electron chi connectivity index (χ4n) is 2.11. The first kappa shape index (κ1) is 12.3. The van der Waals surface area contributed by atoms with Crippen LogP contribution in [0.15, 0.2) is 0 Å². The van der Waals surface area contributed by atoms with E-state index in [4.69, 9.17) is 9.84 Å². The van der Waals surface area contributed by atoms with Gasteiger partial charge in [-0.15, -0.1) is 0 Å². The van der Waals surface area contributed by atoms with Crippen molar-refractivity contribution in [1.29, 1.82) is 0 Å². The second-order valence-corrected chi connectivity index (χ2v) is 7.43. The highest BCUT2D eigenvalue weighted by molar-refractivity contribution is 7.90. The van der Waals surface area contributed by atoms with Gasteiger partial charge in [-0.25, -0.2) is 8.42 Å². The zero-order valence-corrected chi connectivity index (χ0v) is 10.5. The SMILES string of the molecule is CC1(C)CN(S(=O)(=O)C2CC2)CC(CO)O1. The van der Waals surface area contributed by atoms with Crippen LogP contribution in [0.5, 0.6) is 0 Å². The molecule has 1 heterocycles. The summed E-state index contributed by atoms with van der Waals surface area (Å²) < 4.78 is 31.2. The summed E-state index contributed by atoms with van der Waals surface area (Å²) in [7, 11) is -3.16. The third-order valence-electron chi connectivity index (χ3n) is 2.96. The van der Waals surface area contributed by atoms with E-state index in [0.29, 0.717) is 6.54 Å². The van der Waals surface area contributed by atoms with Crippen molar-refractivity contribution in [2.24, 2.45) is 0 Å². The Morgan fingerprint density at radius 2 is 2.06 bits per heavy atom. The predicted molar refractivity (Wildman–Crippen MR) is 59.6 cm³/mol. The number of aliphatic hydroxyl groups is 1. The predicted octanol–water partition coefficient (Wildman–Crippen LogP) is -0.0497. The molecule has 6 heteroatoms. The first-order chi connectivity index (χ1) is 7.35. The van der Waals surface area contributed by atoms with Gasteiger partial charge in [-0.2, -0.15) is 4.31 Å². The number of rotatable bonds is 3. The molecule has 1 atom stereocenters. The van der Waals surface area contributed by atoms with Gasteiger partial charge in [0.2, 0.25) is 10.0 Å². The molecule has 16 heavy (non-hydrogen) atoms. The van der Waals surface area contributed by atoms with Crippen molar-refractivity contribution >= 4 is 10.0 Å². The number of nitrogens with zero attached hydrogens (tertiary/aromatic N) is 1. The molecular formula is C10H19NO4S. The summed E-state index contributed by atoms with van der Waals surface area (Å²) in [6.07, 6.45) is 1.13. The van der Waals surface area contributed by atoms with Crippen LogP contribution in [0.4, 0.5) is 0 Å². The molecule has 0 aromatic heterocycles. The van der Waals surface area contributed by atoms with E-state index in [1.807, 2.05) is 13.8 Å². The molecule has 1 aliphatic heterocycles. The molecule has 0 amide bonds. The Balaban J connectivity index is 2.15. The Kier molecular flexibility index (Phi) is 3.03. The van der Waals surface area contributed by atoms with Crippen molar-refractivity contribution in [2.75, 3.05) is 19.7 Å². The van der Waals surface area contributed by atoms with Crippen molar-refractivity contribution in [2.45, 2.75) is 43.6 Å². The summed E-state index contributed by atoms with van der Waals surface area (Å²) in [6.45, 7) is 4.22. The smallest absolute Gasteiger partial charge is 0.217 e. The number of ether oxygens (including phenoxy) is 1. The summed E-state index contributed by atoms with van der Waals surface area (Å²) >= 11 is 0. The van der Waals surface area contributed by atoms with Crippen LogP contribution < -0.4 is 0 Å². The molecule has 1 aliphatic carbocycles. The number of morpholine rings is 1. The minimum Gasteiger partial charge on any atom is -0.394 e. The van der Waals surface area contributed by atoms with Crippen molar-refractivity contribution in [3.63, 3.8) is 0 Å². The fraction of sp³-hybridized carbons (Fsp3) is 1.00. The Morgan fingerprint density at radius 3 is 2.56 bits per heavy atom. The van der Waals surface area contributed by atoms with Gasteiger partial charge in [0.25, 0.3) is 0 Å². The molecule has 2 fully saturated rings. The summed E-state index contributed by atoms with van der Waals surface area (Å²) in [5.41, 5.74) is -0.520. The Morgan fingerprint density at radius 1 is 1.44 bits per heavy atom. The third-order valence-corrected chi connectivity index (χ3v) is 5.27. The Bertz CT molecular complexity index is 361. The largest absolute Gasteiger partial charge is 0.394 e. The maximum Gasteiger partial charge on any atom is 0.217 e. The minimum absolute atomic E-state index is 0.139. The second kappa shape index (κ2) is 3.94. The number of hydrogen-bond donors (Lipinski definition) is 1. The average molecular weight is 249 g/mol. The first-order valence-corrected chi connectivity index (χ1v) is 7.13. The van der Waals surface area contributed by atoms with Crippen LogP contribution in [-0.4, -0.2) is 54.5 Å². The van der Waals surface area contributed by atoms with E-state index in [1.54, 1.807) is 0 Å². The lowest BCUT2D eigenvalue weighted by atomic mass is 10.1. The van der Waals surface area contributed by atoms with E-state index in [1.165, 1.54) is 4.31 Å². The van der Waals surface area contributed by atoms with Crippen LogP contribution in [-0.2, 0) is 14.8 Å². The highest BCUT2D eigenvalue weighted by Crippen LogP contribution is 2.33. The molecule has 1 saturated carbocycles. The molecule has 0 bridgehead atoms. The highest BCUT2D eigenvalue weighted by Gasteiger charge is 2.45. The monoisotopic (exact) mass is 249 g/mol. The van der Waals surface area contributed by atoms with E-state index in [-0.39, 0.29) is 18.4 Å². The molecule has 0 aromatic rings. The van der Waals surface area contributed by atoms with E-state index in [0.717, 1.165) is 12.8 Å². The molecule has 94 valence electrons. The van der Waals surface area contributed by atoms with Crippen LogP contribution in [0.1, 0.15) is 26.7 Å². The zero-order chi connectivity index (χ0) is 12.0. The van der Waals surface area contributed by atoms with E-state index in [9.17, 15) is 8.42 Å². The standard InChI is InChI=1S/C10H19NO4S/c1-10(2)7-11(5-8(6-12)15-10)16(13,14)9-3-4-9/h8-9,12H,3-7H2,1-2H3. The minimum atomic E-state index is -3.16. The molecule has 5 nitrogen and oxygen atoms in total. The van der Waals surface area contributed by atoms with Crippen molar-refractivity contribution in [3.05, 3.63) is 0 Å². The van der Waals surface area contributed by atoms with Gasteiger partial charge < -0.3 is 9.84 Å². The first-order valence-electron chi connectivity index (χ1n) is 5.63. The topological polar surface area (TPSA) is 66.8 Å². The van der Waals surface area contributed by atoms with Gasteiger partial charge in [0.05, 0.1) is 23.6 Å². The Hall–Kier alpha value is -0.170. The van der Waals surface area contributed by atoms with Gasteiger partial charge in [0.1, 0.15) is 0 Å². The summed E-state index contributed by atoms with van der Waals surface area (Å²) in [6, 6.07) is 0. The normalized spacial score (nSPS) is 31.6. The zero-order valence-electron chi connectivity index (χ0n) is 9.72. The second-order valence-electron chi connectivity index (χ2n) is 5.22. The van der Waals surface area contributed by atoms with Gasteiger partial charge in [0, 0.05) is 13.1 Å². The lowest BCUT2D eigenvalue weighted by Gasteiger charge is -2.41. The van der Waals surface area contributed by atoms with Crippen LogP contribution in [0.25, 0.3) is 0 Å². The lowest BCUT2D eigenvalue weighted by Crippen LogP contribution is -2.56. The number of hydrogen-bond acceptors (Lipinski definition) is 4. The highest BCUT2D eigenvalue weighted by atomic mass is 32.2. The van der Waals surface area contributed by atoms with Gasteiger partial charge in [-0.1, -0.05) is 0 Å². The van der Waals surface area contributed by atoms with Crippen LogP contribution in [0.3, 0.4) is 0 Å². The fourth-order valence-corrected chi connectivity index (χ4v) is 4.13. The van der Waals surface area contributed by atoms with Crippen LogP contribution in [0.2, 0.25) is 0 Å². The van der Waals surface area contributed by atoms with Crippen LogP contribution >= 0.6 is 0 Å². The van der Waals surface area contributed by atoms with Gasteiger partial charge in [-0.05, 0) is 26.7 Å². The van der Waals surface area contributed by atoms with Gasteiger partial charge >= 0.3 is 0 Å². The van der Waals surface area contributed by atoms with Crippen molar-refractivity contribution < 1.29 is 18.3 Å². The summed E-state index contributed by atoms with van der Waals surface area (Å²) in [5, 5.41) is 8.92. The molecular weight excluding hydrogens is 230 g/mol. The maximum atomic E-state index is 12.1. The number of sulfonamides is 1. The van der Waals surface area contributed by atoms with E-state index in [2.05, 4.69) is 0 Å². The molecule has 1 unspecified atom stereocenters. The molecule has 2 aliphatic rings. The van der Waals surface area contributed by atoms with Crippen molar-refractivity contribution in [1.82, 2.24) is 4.31 Å². The average Bonchev–Trinajstić information content (AvgIpc) is 2.98. The third kappa shape index (κ3) is 2.40. The van der Waals surface area contributed by atoms with Gasteiger partial charge in [-0.3, -0.25) is 0 Å². The Labute approximate surface area is 96.4 Å². The van der Waals surface area contributed by atoms with Crippen LogP contribution in [0, 0.1) is 0 Å². The molecule has 0 radical (unpaired) electrons. The van der Waals surface area contributed by atoms with Gasteiger partial charge in [0.15, 0.2) is 0 Å². The molecule has 1 saturated heterocycles. The van der Waals surface area contributed by atoms with E-state index < -0.39 is 21.7 Å². The molecule has 0 spiro atoms. The molecule has 1 N–H and O–H groups in total. The quantitative estimate of drug-likeness (QED) is 0.761. The summed E-state index contributed by atoms with van der Waals surface area (Å²) in [4.78, 5) is 0. The van der Waals surface area contributed by atoms with E-state index >= 15 is 0 Å². The maximum absolute atomic E-state index is 12.1. The molecule has 2 rings (SSSR count). The van der Waals surface area contributed by atoms with Crippen molar-refractivity contribution in [3.8, 4) is 0 Å². The number of aliphatic hydroxyl groups excluding tert-OH is 1.